The van der Waals surface area contributed by atoms with Crippen molar-refractivity contribution in [2.75, 3.05) is 33.3 Å². The van der Waals surface area contributed by atoms with Crippen LogP contribution in [0.5, 0.6) is 5.75 Å². The number of hydrogen-bond donors (Lipinski definition) is 2. The van der Waals surface area contributed by atoms with Crippen LogP contribution in [-0.4, -0.2) is 71.3 Å². The molecular formula is C20H30N2O5. The Kier molecular flexibility index (Phi) is 8.54. The lowest BCUT2D eigenvalue weighted by atomic mass is 9.99. The van der Waals surface area contributed by atoms with E-state index in [0.29, 0.717) is 0 Å². The molecule has 1 aromatic carbocycles. The number of carboxylic acids is 2. The van der Waals surface area contributed by atoms with Crippen LogP contribution in [-0.2, 0) is 16.1 Å². The van der Waals surface area contributed by atoms with E-state index in [2.05, 4.69) is 28.0 Å². The lowest BCUT2D eigenvalue weighted by Gasteiger charge is -2.40. The first kappa shape index (κ1) is 21.2. The normalized spacial score (nSPS) is 19.0. The van der Waals surface area contributed by atoms with E-state index in [1.165, 1.54) is 63.8 Å². The third kappa shape index (κ3) is 7.19. The highest BCUT2D eigenvalue weighted by Crippen LogP contribution is 2.22. The molecule has 2 aliphatic heterocycles. The molecule has 0 unspecified atom stereocenters. The van der Waals surface area contributed by atoms with Crippen molar-refractivity contribution in [3.05, 3.63) is 29.8 Å². The Bertz CT molecular complexity index is 596. The molecule has 0 atom stereocenters. The summed E-state index contributed by atoms with van der Waals surface area (Å²) < 4.78 is 5.32. The number of methoxy groups -OCH3 is 1. The fourth-order valence-electron chi connectivity index (χ4n) is 3.76. The smallest absolute Gasteiger partial charge is 0.414 e. The minimum Gasteiger partial charge on any atom is -0.497 e. The van der Waals surface area contributed by atoms with Crippen molar-refractivity contribution in [3.8, 4) is 5.75 Å². The molecule has 1 aromatic rings. The van der Waals surface area contributed by atoms with Crippen LogP contribution >= 0.6 is 0 Å². The van der Waals surface area contributed by atoms with Crippen molar-refractivity contribution in [1.29, 1.82) is 0 Å². The number of benzene rings is 1. The van der Waals surface area contributed by atoms with Crippen LogP contribution in [0.15, 0.2) is 24.3 Å². The summed E-state index contributed by atoms with van der Waals surface area (Å²) in [5.41, 5.74) is 1.37. The zero-order chi connectivity index (χ0) is 19.6. The van der Waals surface area contributed by atoms with Gasteiger partial charge in [0.25, 0.3) is 0 Å². The maximum absolute atomic E-state index is 9.10. The van der Waals surface area contributed by atoms with Crippen LogP contribution in [0.3, 0.4) is 0 Å². The van der Waals surface area contributed by atoms with Crippen molar-refractivity contribution in [1.82, 2.24) is 9.80 Å². The minimum absolute atomic E-state index is 0.840. The summed E-state index contributed by atoms with van der Waals surface area (Å²) in [6.45, 7) is 6.20. The molecule has 0 aliphatic carbocycles. The second-order valence-electron chi connectivity index (χ2n) is 7.07. The minimum atomic E-state index is -1.82. The monoisotopic (exact) mass is 378 g/mol. The molecule has 7 nitrogen and oxygen atoms in total. The molecule has 0 radical (unpaired) electrons. The van der Waals surface area contributed by atoms with Gasteiger partial charge < -0.3 is 19.8 Å². The van der Waals surface area contributed by atoms with Gasteiger partial charge in [-0.2, -0.15) is 0 Å². The summed E-state index contributed by atoms with van der Waals surface area (Å²) >= 11 is 0. The van der Waals surface area contributed by atoms with E-state index < -0.39 is 11.9 Å². The Balaban J connectivity index is 0.000000380. The molecule has 3 rings (SSSR count). The van der Waals surface area contributed by atoms with Crippen LogP contribution in [0.25, 0.3) is 0 Å². The summed E-state index contributed by atoms with van der Waals surface area (Å²) in [5, 5.41) is 14.8. The van der Waals surface area contributed by atoms with Crippen molar-refractivity contribution < 1.29 is 24.5 Å². The number of aliphatic carboxylic acids is 2. The lowest BCUT2D eigenvalue weighted by Crippen LogP contribution is -2.46. The van der Waals surface area contributed by atoms with Crippen LogP contribution in [0, 0.1) is 0 Å². The van der Waals surface area contributed by atoms with E-state index in [4.69, 9.17) is 24.5 Å². The van der Waals surface area contributed by atoms with Crippen molar-refractivity contribution in [2.24, 2.45) is 0 Å². The maximum Gasteiger partial charge on any atom is 0.414 e. The van der Waals surface area contributed by atoms with E-state index in [1.54, 1.807) is 7.11 Å². The highest BCUT2D eigenvalue weighted by atomic mass is 16.5. The number of carboxylic acid groups (broad SMARTS) is 2. The Hall–Kier alpha value is -2.12. The number of carbonyl (C=O) groups is 2. The lowest BCUT2D eigenvalue weighted by molar-refractivity contribution is -0.159. The Morgan fingerprint density at radius 1 is 1.04 bits per heavy atom. The van der Waals surface area contributed by atoms with Crippen molar-refractivity contribution >= 4 is 11.9 Å². The topological polar surface area (TPSA) is 90.3 Å². The number of rotatable bonds is 4. The number of likely N-dealkylation sites (tertiary alicyclic amines) is 2. The van der Waals surface area contributed by atoms with Crippen LogP contribution < -0.4 is 4.74 Å². The van der Waals surface area contributed by atoms with Crippen molar-refractivity contribution in [2.45, 2.75) is 44.7 Å². The van der Waals surface area contributed by atoms with Gasteiger partial charge in [-0.25, -0.2) is 9.59 Å². The van der Waals surface area contributed by atoms with Crippen molar-refractivity contribution in [3.63, 3.8) is 0 Å². The number of piperidine rings is 2. The van der Waals surface area contributed by atoms with Crippen LogP contribution in [0.2, 0.25) is 0 Å². The summed E-state index contributed by atoms with van der Waals surface area (Å²) in [4.78, 5) is 23.5. The summed E-state index contributed by atoms with van der Waals surface area (Å²) in [6.07, 6.45) is 6.92. The van der Waals surface area contributed by atoms with E-state index in [9.17, 15) is 0 Å². The quantitative estimate of drug-likeness (QED) is 0.777. The van der Waals surface area contributed by atoms with Crippen LogP contribution in [0.4, 0.5) is 0 Å². The third-order valence-corrected chi connectivity index (χ3v) is 5.19. The average Bonchev–Trinajstić information content (AvgIpc) is 2.70. The van der Waals surface area contributed by atoms with Gasteiger partial charge in [-0.3, -0.25) is 4.90 Å². The molecule has 2 N–H and O–H groups in total. The van der Waals surface area contributed by atoms with Gasteiger partial charge in [0.2, 0.25) is 0 Å². The average molecular weight is 378 g/mol. The molecular weight excluding hydrogens is 348 g/mol. The zero-order valence-corrected chi connectivity index (χ0v) is 16.0. The first-order valence-electron chi connectivity index (χ1n) is 9.55. The molecule has 27 heavy (non-hydrogen) atoms. The molecule has 0 bridgehead atoms. The number of nitrogens with zero attached hydrogens (tertiary/aromatic N) is 2. The molecule has 2 fully saturated rings. The molecule has 2 heterocycles. The summed E-state index contributed by atoms with van der Waals surface area (Å²) in [7, 11) is 1.74. The molecule has 7 heteroatoms. The fraction of sp³-hybridized carbons (Fsp3) is 0.600. The highest BCUT2D eigenvalue weighted by molar-refractivity contribution is 6.27. The molecule has 2 aliphatic rings. The van der Waals surface area contributed by atoms with Gasteiger partial charge in [0, 0.05) is 12.6 Å². The van der Waals surface area contributed by atoms with Crippen LogP contribution in [0.1, 0.15) is 37.7 Å². The Morgan fingerprint density at radius 2 is 1.67 bits per heavy atom. The number of hydrogen-bond acceptors (Lipinski definition) is 5. The second kappa shape index (κ2) is 10.9. The van der Waals surface area contributed by atoms with E-state index >= 15 is 0 Å². The first-order valence-corrected chi connectivity index (χ1v) is 9.55. The van der Waals surface area contributed by atoms with Gasteiger partial charge in [0.15, 0.2) is 0 Å². The highest BCUT2D eigenvalue weighted by Gasteiger charge is 2.25. The molecule has 0 saturated carbocycles. The summed E-state index contributed by atoms with van der Waals surface area (Å²) in [6, 6.07) is 9.32. The fourth-order valence-corrected chi connectivity index (χ4v) is 3.76. The SMILES string of the molecule is COc1cccc(CN2CCC(N3CCCCC3)CC2)c1.O=C(O)C(=O)O. The largest absolute Gasteiger partial charge is 0.497 e. The third-order valence-electron chi connectivity index (χ3n) is 5.19. The van der Waals surface area contributed by atoms with Gasteiger partial charge in [0.05, 0.1) is 7.11 Å². The molecule has 0 amide bonds. The first-order chi connectivity index (χ1) is 13.0. The molecule has 150 valence electrons. The molecule has 0 aromatic heterocycles. The Labute approximate surface area is 160 Å². The second-order valence-corrected chi connectivity index (χ2v) is 7.07. The Morgan fingerprint density at radius 3 is 2.22 bits per heavy atom. The van der Waals surface area contributed by atoms with Gasteiger partial charge >= 0.3 is 11.9 Å². The van der Waals surface area contributed by atoms with E-state index in [0.717, 1.165) is 18.3 Å². The standard InChI is InChI=1S/C18H28N2O.C2H2O4/c1-21-18-7-5-6-16(14-18)15-19-12-8-17(9-13-19)20-10-3-2-4-11-20;3-1(4)2(5)6/h5-7,14,17H,2-4,8-13,15H2,1H3;(H,3,4)(H,5,6). The summed E-state index contributed by atoms with van der Waals surface area (Å²) in [5.74, 6) is -2.68. The van der Waals surface area contributed by atoms with Gasteiger partial charge in [-0.1, -0.05) is 18.6 Å². The molecule has 2 saturated heterocycles. The van der Waals surface area contributed by atoms with E-state index in [-0.39, 0.29) is 0 Å². The maximum atomic E-state index is 9.10. The zero-order valence-electron chi connectivity index (χ0n) is 16.0. The predicted octanol–water partition coefficient (Wildman–Crippen LogP) is 2.30. The molecule has 0 spiro atoms. The van der Waals surface area contributed by atoms with Gasteiger partial charge in [0.1, 0.15) is 5.75 Å². The van der Waals surface area contributed by atoms with Gasteiger partial charge in [-0.15, -0.1) is 0 Å². The van der Waals surface area contributed by atoms with Gasteiger partial charge in [-0.05, 0) is 69.6 Å². The predicted molar refractivity (Wildman–Crippen MR) is 102 cm³/mol. The number of ether oxygens (including phenoxy) is 1. The van der Waals surface area contributed by atoms with E-state index in [1.807, 2.05) is 6.07 Å².